The van der Waals surface area contributed by atoms with Crippen LogP contribution in [-0.4, -0.2) is 21.2 Å². The largest absolute Gasteiger partial charge is 0.534 e. The lowest BCUT2D eigenvalue weighted by molar-refractivity contribution is -0.0500. The van der Waals surface area contributed by atoms with E-state index in [9.17, 15) is 21.6 Å². The fourth-order valence-corrected chi connectivity index (χ4v) is 5.00. The Kier molecular flexibility index (Phi) is 7.24. The molecule has 0 atom stereocenters. The predicted molar refractivity (Wildman–Crippen MR) is 145 cm³/mol. The first-order valence-corrected chi connectivity index (χ1v) is 13.1. The minimum atomic E-state index is -5.72. The zero-order valence-corrected chi connectivity index (χ0v) is 21.8. The van der Waals surface area contributed by atoms with E-state index in [4.69, 9.17) is 0 Å². The van der Waals surface area contributed by atoms with Gasteiger partial charge in [0.15, 0.2) is 7.28 Å². The number of aryl methyl sites for hydroxylation is 4. The summed E-state index contributed by atoms with van der Waals surface area (Å²) >= 11 is 0. The Morgan fingerprint density at radius 3 is 1.49 bits per heavy atom. The molecule has 0 unspecified atom stereocenters. The lowest BCUT2D eigenvalue weighted by Crippen LogP contribution is -2.35. The number of hydrogen-bond donors (Lipinski definition) is 0. The molecule has 4 rings (SSSR count). The quantitative estimate of drug-likeness (QED) is 0.181. The highest BCUT2D eigenvalue weighted by atomic mass is 32.2. The Balaban J connectivity index is 1.59. The molecule has 0 radical (unpaired) electrons. The molecule has 0 amide bonds. The second-order valence-corrected chi connectivity index (χ2v) is 10.8. The maximum absolute atomic E-state index is 12.7. The highest BCUT2D eigenvalue weighted by molar-refractivity contribution is 7.88. The number of halogens is 3. The van der Waals surface area contributed by atoms with Crippen molar-refractivity contribution in [1.82, 2.24) is 0 Å². The molecule has 0 aromatic heterocycles. The van der Waals surface area contributed by atoms with Crippen LogP contribution in [0.15, 0.2) is 78.9 Å². The third kappa shape index (κ3) is 5.75. The van der Waals surface area contributed by atoms with Gasteiger partial charge in [0.25, 0.3) is 0 Å². The van der Waals surface area contributed by atoms with Gasteiger partial charge in [0.05, 0.1) is 0 Å². The Morgan fingerprint density at radius 1 is 0.622 bits per heavy atom. The zero-order valence-electron chi connectivity index (χ0n) is 21.0. The van der Waals surface area contributed by atoms with Crippen molar-refractivity contribution in [3.05, 3.63) is 101 Å². The molecule has 0 heterocycles. The van der Waals surface area contributed by atoms with Gasteiger partial charge in [0.1, 0.15) is 5.75 Å². The third-order valence-electron chi connectivity index (χ3n) is 6.53. The molecule has 0 saturated carbocycles. The summed E-state index contributed by atoms with van der Waals surface area (Å²) in [5.74, 6) is -0.348. The first-order chi connectivity index (χ1) is 17.4. The van der Waals surface area contributed by atoms with E-state index in [0.717, 1.165) is 44.3 Å². The second kappa shape index (κ2) is 10.1. The minimum Gasteiger partial charge on any atom is -0.376 e. The lowest BCUT2D eigenvalue weighted by Gasteiger charge is -2.17. The van der Waals surface area contributed by atoms with E-state index >= 15 is 0 Å². The molecule has 0 aliphatic carbocycles. The first-order valence-electron chi connectivity index (χ1n) is 11.7. The van der Waals surface area contributed by atoms with Gasteiger partial charge >= 0.3 is 15.6 Å². The van der Waals surface area contributed by atoms with Gasteiger partial charge in [-0.1, -0.05) is 99.9 Å². The highest BCUT2D eigenvalue weighted by Gasteiger charge is 2.48. The number of rotatable bonds is 6. The van der Waals surface area contributed by atoms with E-state index in [-0.39, 0.29) is 5.75 Å². The van der Waals surface area contributed by atoms with E-state index in [1.165, 1.54) is 12.1 Å². The normalized spacial score (nSPS) is 11.9. The first kappa shape index (κ1) is 26.5. The summed E-state index contributed by atoms with van der Waals surface area (Å²) in [5.41, 5.74) is 4.59. The Hall–Kier alpha value is -3.52. The summed E-state index contributed by atoms with van der Waals surface area (Å²) in [7, 11) is -5.15. The minimum absolute atomic E-state index is 0.348. The maximum Gasteiger partial charge on any atom is 0.534 e. The molecule has 0 aliphatic heterocycles. The van der Waals surface area contributed by atoms with Crippen molar-refractivity contribution in [2.75, 3.05) is 0 Å². The van der Waals surface area contributed by atoms with Crippen LogP contribution in [0.1, 0.15) is 22.3 Å². The van der Waals surface area contributed by atoms with Crippen LogP contribution in [0, 0.1) is 27.7 Å². The standard InChI is InChI=1S/C29H26BF3O3S/c1-18-14-25(24-12-10-23(11-13-24)22-8-6-5-7-9-22)15-19(2)27(18)30-28-20(3)16-26(17-21(28)4)36-37(34,35)29(31,32)33/h5-17,30H,1-4H3. The zero-order chi connectivity index (χ0) is 27.0. The summed E-state index contributed by atoms with van der Waals surface area (Å²) in [5, 5.41) is 0. The summed E-state index contributed by atoms with van der Waals surface area (Å²) in [6.45, 7) is 7.57. The van der Waals surface area contributed by atoms with Crippen molar-refractivity contribution in [3.63, 3.8) is 0 Å². The number of benzene rings is 4. The van der Waals surface area contributed by atoms with Gasteiger partial charge in [-0.15, -0.1) is 0 Å². The maximum atomic E-state index is 12.7. The van der Waals surface area contributed by atoms with Crippen molar-refractivity contribution >= 4 is 28.3 Å². The third-order valence-corrected chi connectivity index (χ3v) is 7.51. The van der Waals surface area contributed by atoms with Crippen LogP contribution < -0.4 is 15.1 Å². The van der Waals surface area contributed by atoms with E-state index in [1.54, 1.807) is 13.8 Å². The van der Waals surface area contributed by atoms with Gasteiger partial charge in [0, 0.05) is 0 Å². The Bertz CT molecular complexity index is 1500. The molecular formula is C29H26BF3O3S. The van der Waals surface area contributed by atoms with Crippen LogP contribution >= 0.6 is 0 Å². The van der Waals surface area contributed by atoms with Crippen LogP contribution in [-0.2, 0) is 10.1 Å². The predicted octanol–water partition coefficient (Wildman–Crippen LogP) is 5.87. The summed E-state index contributed by atoms with van der Waals surface area (Å²) < 4.78 is 65.3. The average molecular weight is 522 g/mol. The molecule has 8 heteroatoms. The molecule has 0 spiro atoms. The number of alkyl halides is 3. The molecule has 0 N–H and O–H groups in total. The molecule has 0 fully saturated rings. The van der Waals surface area contributed by atoms with Crippen molar-refractivity contribution in [1.29, 1.82) is 0 Å². The van der Waals surface area contributed by atoms with E-state index in [2.05, 4.69) is 52.7 Å². The number of hydrogen-bond acceptors (Lipinski definition) is 3. The molecule has 4 aromatic rings. The molecule has 0 aliphatic rings. The Labute approximate surface area is 216 Å². The lowest BCUT2D eigenvalue weighted by atomic mass is 9.58. The molecule has 0 bridgehead atoms. The topological polar surface area (TPSA) is 43.4 Å². The fraction of sp³-hybridized carbons (Fsp3) is 0.172. The van der Waals surface area contributed by atoms with Gasteiger partial charge in [0.2, 0.25) is 0 Å². The highest BCUT2D eigenvalue weighted by Crippen LogP contribution is 2.28. The van der Waals surface area contributed by atoms with Crippen LogP contribution in [0.5, 0.6) is 5.75 Å². The van der Waals surface area contributed by atoms with Gasteiger partial charge < -0.3 is 4.18 Å². The van der Waals surface area contributed by atoms with Gasteiger partial charge in [-0.3, -0.25) is 0 Å². The molecule has 4 aromatic carbocycles. The van der Waals surface area contributed by atoms with Crippen LogP contribution in [0.25, 0.3) is 22.3 Å². The smallest absolute Gasteiger partial charge is 0.376 e. The van der Waals surface area contributed by atoms with Gasteiger partial charge in [-0.05, 0) is 62.1 Å². The molecule has 190 valence electrons. The van der Waals surface area contributed by atoms with Gasteiger partial charge in [-0.25, -0.2) is 0 Å². The van der Waals surface area contributed by atoms with Crippen molar-refractivity contribution in [2.24, 2.45) is 0 Å². The molecular weight excluding hydrogens is 496 g/mol. The monoisotopic (exact) mass is 522 g/mol. The molecule has 37 heavy (non-hydrogen) atoms. The van der Waals surface area contributed by atoms with Crippen LogP contribution in [0.2, 0.25) is 0 Å². The van der Waals surface area contributed by atoms with E-state index < -0.39 is 15.6 Å². The van der Waals surface area contributed by atoms with Crippen molar-refractivity contribution in [2.45, 2.75) is 33.2 Å². The molecule has 0 saturated heterocycles. The average Bonchev–Trinajstić information content (AvgIpc) is 2.82. The summed E-state index contributed by atoms with van der Waals surface area (Å²) in [4.78, 5) is 0. The SMILES string of the molecule is Cc1cc(OS(=O)(=O)C(F)(F)F)cc(C)c1Bc1c(C)cc(-c2ccc(-c3ccccc3)cc2)cc1C. The second-order valence-electron chi connectivity index (χ2n) is 9.23. The van der Waals surface area contributed by atoms with E-state index in [0.29, 0.717) is 18.4 Å². The van der Waals surface area contributed by atoms with Crippen molar-refractivity contribution < 1.29 is 25.8 Å². The Morgan fingerprint density at radius 2 is 1.03 bits per heavy atom. The van der Waals surface area contributed by atoms with Crippen molar-refractivity contribution in [3.8, 4) is 28.0 Å². The van der Waals surface area contributed by atoms with Crippen LogP contribution in [0.4, 0.5) is 13.2 Å². The van der Waals surface area contributed by atoms with E-state index in [1.807, 2.05) is 32.0 Å². The fourth-order valence-electron chi connectivity index (χ4n) is 4.56. The van der Waals surface area contributed by atoms with Crippen LogP contribution in [0.3, 0.4) is 0 Å². The summed E-state index contributed by atoms with van der Waals surface area (Å²) in [6.07, 6.45) is 0. The molecule has 3 nitrogen and oxygen atoms in total. The summed E-state index contributed by atoms with van der Waals surface area (Å²) in [6, 6.07) is 25.6. The van der Waals surface area contributed by atoms with Gasteiger partial charge in [-0.2, -0.15) is 21.6 Å².